The summed E-state index contributed by atoms with van der Waals surface area (Å²) in [5.41, 5.74) is 1.56. The second-order valence-electron chi connectivity index (χ2n) is 5.92. The average molecular weight is 385 g/mol. The topological polar surface area (TPSA) is 87.5 Å². The predicted octanol–water partition coefficient (Wildman–Crippen LogP) is 2.75. The molecule has 0 saturated carbocycles. The second kappa shape index (κ2) is 7.93. The number of aromatic nitrogens is 5. The number of nitrogens with zero attached hydrogens (tertiary/aromatic N) is 5. The molecule has 4 rings (SSSR count). The summed E-state index contributed by atoms with van der Waals surface area (Å²) in [7, 11) is 0. The van der Waals surface area contributed by atoms with Crippen molar-refractivity contribution in [1.29, 1.82) is 0 Å². The molecule has 1 aromatic carbocycles. The molecule has 0 N–H and O–H groups in total. The van der Waals surface area contributed by atoms with E-state index in [2.05, 4.69) is 15.4 Å². The van der Waals surface area contributed by atoms with Crippen LogP contribution in [0.4, 0.5) is 0 Å². The first kappa shape index (κ1) is 17.7. The van der Waals surface area contributed by atoms with Crippen LogP contribution in [0.2, 0.25) is 0 Å². The second-order valence-corrected chi connectivity index (χ2v) is 6.86. The van der Waals surface area contributed by atoms with Crippen molar-refractivity contribution in [2.45, 2.75) is 30.8 Å². The summed E-state index contributed by atoms with van der Waals surface area (Å²) < 4.78 is 13.9. The first-order valence-electron chi connectivity index (χ1n) is 8.76. The lowest BCUT2D eigenvalue weighted by Gasteiger charge is -2.11. The van der Waals surface area contributed by atoms with Gasteiger partial charge in [-0.25, -0.2) is 0 Å². The van der Waals surface area contributed by atoms with Crippen LogP contribution >= 0.6 is 11.8 Å². The fraction of sp³-hybridized carbons (Fsp3) is 0.333. The van der Waals surface area contributed by atoms with Crippen molar-refractivity contribution in [2.24, 2.45) is 0 Å². The molecule has 0 spiro atoms. The SMILES string of the molecule is CCOCCCn1c(=O)c2ccccc2n2c(SCc3ccon3)nnc12. The molecule has 4 aromatic rings. The molecule has 0 atom stereocenters. The van der Waals surface area contributed by atoms with Crippen molar-refractivity contribution in [1.82, 2.24) is 24.3 Å². The van der Waals surface area contributed by atoms with Gasteiger partial charge < -0.3 is 9.26 Å². The minimum absolute atomic E-state index is 0.0601. The number of aryl methyl sites for hydroxylation is 1. The molecule has 0 aliphatic heterocycles. The van der Waals surface area contributed by atoms with E-state index in [0.717, 1.165) is 17.6 Å². The zero-order valence-electron chi connectivity index (χ0n) is 14.9. The van der Waals surface area contributed by atoms with E-state index >= 15 is 0 Å². The Morgan fingerprint density at radius 1 is 1.22 bits per heavy atom. The van der Waals surface area contributed by atoms with Gasteiger partial charge >= 0.3 is 0 Å². The van der Waals surface area contributed by atoms with Crippen LogP contribution in [0.3, 0.4) is 0 Å². The largest absolute Gasteiger partial charge is 0.382 e. The minimum Gasteiger partial charge on any atom is -0.382 e. The van der Waals surface area contributed by atoms with Crippen LogP contribution in [0.1, 0.15) is 19.0 Å². The number of hydrogen-bond acceptors (Lipinski definition) is 7. The molecule has 3 heterocycles. The van der Waals surface area contributed by atoms with Crippen molar-refractivity contribution in [2.75, 3.05) is 13.2 Å². The number of benzene rings is 1. The average Bonchev–Trinajstić information content (AvgIpc) is 3.35. The number of hydrogen-bond donors (Lipinski definition) is 0. The molecule has 140 valence electrons. The molecule has 3 aromatic heterocycles. The maximum Gasteiger partial charge on any atom is 0.262 e. The van der Waals surface area contributed by atoms with Crippen molar-refractivity contribution in [3.05, 3.63) is 52.6 Å². The molecule has 0 unspecified atom stereocenters. The van der Waals surface area contributed by atoms with Gasteiger partial charge in [-0.1, -0.05) is 29.1 Å². The molecule has 9 heteroatoms. The summed E-state index contributed by atoms with van der Waals surface area (Å²) in [6.45, 7) is 3.75. The normalized spacial score (nSPS) is 11.6. The predicted molar refractivity (Wildman–Crippen MR) is 102 cm³/mol. The maximum absolute atomic E-state index is 13.0. The molecule has 27 heavy (non-hydrogen) atoms. The highest BCUT2D eigenvalue weighted by Crippen LogP contribution is 2.24. The molecule has 0 aliphatic rings. The molecule has 0 aliphatic carbocycles. The Kier molecular flexibility index (Phi) is 5.21. The molecule has 0 radical (unpaired) electrons. The Balaban J connectivity index is 1.77. The van der Waals surface area contributed by atoms with Crippen molar-refractivity contribution >= 4 is 28.4 Å². The van der Waals surface area contributed by atoms with Gasteiger partial charge in [-0.15, -0.1) is 10.2 Å². The molecule has 0 fully saturated rings. The van der Waals surface area contributed by atoms with Gasteiger partial charge in [-0.3, -0.25) is 13.8 Å². The third kappa shape index (κ3) is 3.47. The lowest BCUT2D eigenvalue weighted by atomic mass is 10.2. The summed E-state index contributed by atoms with van der Waals surface area (Å²) in [5.74, 6) is 1.15. The molecular formula is C18H19N5O3S. The summed E-state index contributed by atoms with van der Waals surface area (Å²) in [6.07, 6.45) is 2.28. The summed E-state index contributed by atoms with van der Waals surface area (Å²) in [6, 6.07) is 9.34. The van der Waals surface area contributed by atoms with E-state index in [1.807, 2.05) is 41.7 Å². The van der Waals surface area contributed by atoms with E-state index in [-0.39, 0.29) is 5.56 Å². The standard InChI is InChI=1S/C18H19N5O3S/c1-2-25-10-5-9-22-16(24)14-6-3-4-7-15(14)23-17(22)19-20-18(23)27-12-13-8-11-26-21-13/h3-4,6-8,11H,2,5,9-10,12H2,1H3. The quantitative estimate of drug-likeness (QED) is 0.340. The molecular weight excluding hydrogens is 366 g/mol. The zero-order chi connectivity index (χ0) is 18.6. The van der Waals surface area contributed by atoms with Crippen LogP contribution in [0.25, 0.3) is 16.7 Å². The van der Waals surface area contributed by atoms with Gasteiger partial charge in [-0.2, -0.15) is 0 Å². The van der Waals surface area contributed by atoms with Crippen LogP contribution in [-0.4, -0.2) is 37.5 Å². The highest BCUT2D eigenvalue weighted by atomic mass is 32.2. The monoisotopic (exact) mass is 385 g/mol. The van der Waals surface area contributed by atoms with Crippen molar-refractivity contribution in [3.8, 4) is 0 Å². The number of thioether (sulfide) groups is 1. The summed E-state index contributed by atoms with van der Waals surface area (Å²) >= 11 is 1.50. The molecule has 0 amide bonds. The van der Waals surface area contributed by atoms with Crippen molar-refractivity contribution in [3.63, 3.8) is 0 Å². The number of ether oxygens (including phenoxy) is 1. The van der Waals surface area contributed by atoms with Gasteiger partial charge in [0.15, 0.2) is 5.16 Å². The lowest BCUT2D eigenvalue weighted by Crippen LogP contribution is -2.24. The smallest absolute Gasteiger partial charge is 0.262 e. The summed E-state index contributed by atoms with van der Waals surface area (Å²) in [4.78, 5) is 13.0. The van der Waals surface area contributed by atoms with Gasteiger partial charge in [-0.05, 0) is 25.5 Å². The zero-order valence-corrected chi connectivity index (χ0v) is 15.7. The van der Waals surface area contributed by atoms with Gasteiger partial charge in [0.2, 0.25) is 5.78 Å². The van der Waals surface area contributed by atoms with E-state index in [1.54, 1.807) is 10.8 Å². The molecule has 0 bridgehead atoms. The van der Waals surface area contributed by atoms with E-state index in [0.29, 0.717) is 41.8 Å². The Morgan fingerprint density at radius 3 is 2.93 bits per heavy atom. The first-order chi connectivity index (χ1) is 13.3. The van der Waals surface area contributed by atoms with E-state index in [1.165, 1.54) is 11.8 Å². The lowest BCUT2D eigenvalue weighted by molar-refractivity contribution is 0.141. The highest BCUT2D eigenvalue weighted by molar-refractivity contribution is 7.98. The van der Waals surface area contributed by atoms with Gasteiger partial charge in [0, 0.05) is 31.6 Å². The Bertz CT molecular complexity index is 1100. The maximum atomic E-state index is 13.0. The van der Waals surface area contributed by atoms with Crippen LogP contribution in [0.15, 0.2) is 51.1 Å². The van der Waals surface area contributed by atoms with Gasteiger partial charge in [0.1, 0.15) is 6.26 Å². The highest BCUT2D eigenvalue weighted by Gasteiger charge is 2.16. The Hall–Kier alpha value is -2.65. The van der Waals surface area contributed by atoms with Crippen LogP contribution in [0, 0.1) is 0 Å². The molecule has 0 saturated heterocycles. The van der Waals surface area contributed by atoms with Gasteiger partial charge in [0.05, 0.1) is 16.6 Å². The van der Waals surface area contributed by atoms with Gasteiger partial charge in [0.25, 0.3) is 5.56 Å². The Labute approximate surface area is 159 Å². The summed E-state index contributed by atoms with van der Waals surface area (Å²) in [5, 5.41) is 13.9. The fourth-order valence-electron chi connectivity index (χ4n) is 2.95. The third-order valence-electron chi connectivity index (χ3n) is 4.19. The Morgan fingerprint density at radius 2 is 2.11 bits per heavy atom. The van der Waals surface area contributed by atoms with Crippen molar-refractivity contribution < 1.29 is 9.26 Å². The fourth-order valence-corrected chi connectivity index (χ4v) is 3.78. The first-order valence-corrected chi connectivity index (χ1v) is 9.74. The van der Waals surface area contributed by atoms with Crippen LogP contribution in [0.5, 0.6) is 0 Å². The minimum atomic E-state index is -0.0601. The van der Waals surface area contributed by atoms with E-state index in [9.17, 15) is 4.79 Å². The third-order valence-corrected chi connectivity index (χ3v) is 5.16. The number of rotatable bonds is 8. The van der Waals surface area contributed by atoms with E-state index in [4.69, 9.17) is 9.26 Å². The van der Waals surface area contributed by atoms with Crippen LogP contribution < -0.4 is 5.56 Å². The number of fused-ring (bicyclic) bond motifs is 3. The molecule has 8 nitrogen and oxygen atoms in total. The number of para-hydroxylation sites is 1. The van der Waals surface area contributed by atoms with E-state index < -0.39 is 0 Å². The van der Waals surface area contributed by atoms with Crippen LogP contribution in [-0.2, 0) is 17.0 Å².